The zero-order valence-electron chi connectivity index (χ0n) is 11.6. The minimum atomic E-state index is -4.60. The van der Waals surface area contributed by atoms with Crippen LogP contribution in [-0.4, -0.2) is 39.5 Å². The van der Waals surface area contributed by atoms with E-state index in [4.69, 9.17) is 4.42 Å². The Morgan fingerprint density at radius 2 is 1.80 bits per heavy atom. The van der Waals surface area contributed by atoms with Crippen LogP contribution in [0.15, 0.2) is 9.31 Å². The summed E-state index contributed by atoms with van der Waals surface area (Å²) in [6, 6.07) is 0. The van der Waals surface area contributed by atoms with Crippen molar-refractivity contribution in [3.8, 4) is 0 Å². The highest BCUT2D eigenvalue weighted by atomic mass is 32.2. The zero-order chi connectivity index (χ0) is 15.7. The Morgan fingerprint density at radius 1 is 1.25 bits per heavy atom. The molecule has 1 N–H and O–H groups in total. The number of furan rings is 1. The van der Waals surface area contributed by atoms with E-state index in [9.17, 15) is 21.6 Å². The van der Waals surface area contributed by atoms with Crippen LogP contribution in [0.4, 0.5) is 13.2 Å². The summed E-state index contributed by atoms with van der Waals surface area (Å²) in [6.07, 6.45) is -4.60. The molecule has 0 bridgehead atoms. The minimum Gasteiger partial charge on any atom is -0.465 e. The highest BCUT2D eigenvalue weighted by molar-refractivity contribution is 7.89. The van der Waals surface area contributed by atoms with E-state index in [2.05, 4.69) is 5.32 Å². The number of hydrogen-bond acceptors (Lipinski definition) is 4. The van der Waals surface area contributed by atoms with Crippen molar-refractivity contribution in [2.24, 2.45) is 0 Å². The molecule has 1 heterocycles. The van der Waals surface area contributed by atoms with E-state index in [1.54, 1.807) is 14.0 Å². The van der Waals surface area contributed by atoms with Crippen LogP contribution in [0, 0.1) is 13.8 Å². The van der Waals surface area contributed by atoms with E-state index >= 15 is 0 Å². The van der Waals surface area contributed by atoms with Crippen molar-refractivity contribution >= 4 is 10.0 Å². The van der Waals surface area contributed by atoms with Crippen LogP contribution in [0.1, 0.15) is 17.1 Å². The molecule has 0 radical (unpaired) electrons. The molecule has 0 amide bonds. The molecule has 0 aliphatic heterocycles. The summed E-state index contributed by atoms with van der Waals surface area (Å²) in [5.41, 5.74) is 0.346. The van der Waals surface area contributed by atoms with Gasteiger partial charge in [0.1, 0.15) is 23.0 Å². The van der Waals surface area contributed by atoms with E-state index in [1.165, 1.54) is 6.92 Å². The predicted molar refractivity (Wildman–Crippen MR) is 66.8 cm³/mol. The van der Waals surface area contributed by atoms with Crippen LogP contribution in [-0.2, 0) is 16.6 Å². The Kier molecular flexibility index (Phi) is 4.88. The molecule has 1 aromatic rings. The van der Waals surface area contributed by atoms with Crippen LogP contribution >= 0.6 is 0 Å². The van der Waals surface area contributed by atoms with E-state index in [-0.39, 0.29) is 21.5 Å². The molecule has 116 valence electrons. The molecule has 20 heavy (non-hydrogen) atoms. The maximum absolute atomic E-state index is 12.4. The molecule has 0 saturated heterocycles. The normalized spacial score (nSPS) is 13.2. The van der Waals surface area contributed by atoms with Gasteiger partial charge in [-0.25, -0.2) is 8.42 Å². The fourth-order valence-electron chi connectivity index (χ4n) is 1.92. The lowest BCUT2D eigenvalue weighted by molar-refractivity contribution is -0.134. The number of halogens is 3. The van der Waals surface area contributed by atoms with Gasteiger partial charge in [0.25, 0.3) is 0 Å². The van der Waals surface area contributed by atoms with Gasteiger partial charge in [-0.05, 0) is 20.9 Å². The maximum Gasteiger partial charge on any atom is 0.402 e. The first kappa shape index (κ1) is 17.0. The third kappa shape index (κ3) is 3.53. The van der Waals surface area contributed by atoms with Crippen LogP contribution in [0.5, 0.6) is 0 Å². The SMILES string of the molecule is CNCc1c(C)oc(C)c1S(=O)(=O)N(C)CC(F)(F)F. The average Bonchev–Trinajstić information content (AvgIpc) is 2.52. The lowest BCUT2D eigenvalue weighted by Crippen LogP contribution is -2.36. The van der Waals surface area contributed by atoms with Gasteiger partial charge in [0, 0.05) is 19.2 Å². The zero-order valence-corrected chi connectivity index (χ0v) is 12.4. The Hall–Kier alpha value is -1.06. The average molecular weight is 314 g/mol. The van der Waals surface area contributed by atoms with Gasteiger partial charge in [0.15, 0.2) is 0 Å². The summed E-state index contributed by atoms with van der Waals surface area (Å²) < 4.78 is 67.2. The van der Waals surface area contributed by atoms with Crippen molar-refractivity contribution < 1.29 is 26.0 Å². The number of nitrogens with zero attached hydrogens (tertiary/aromatic N) is 1. The first-order valence-corrected chi connectivity index (χ1v) is 7.21. The van der Waals surface area contributed by atoms with Crippen molar-refractivity contribution in [3.63, 3.8) is 0 Å². The minimum absolute atomic E-state index is 0.0850. The number of aryl methyl sites for hydroxylation is 2. The molecular formula is C11H17F3N2O3S. The summed E-state index contributed by atoms with van der Waals surface area (Å²) in [7, 11) is -1.75. The summed E-state index contributed by atoms with van der Waals surface area (Å²) in [6.45, 7) is 1.64. The summed E-state index contributed by atoms with van der Waals surface area (Å²) in [5, 5.41) is 2.77. The predicted octanol–water partition coefficient (Wildman–Crippen LogP) is 1.80. The molecule has 0 unspecified atom stereocenters. The molecule has 1 rings (SSSR count). The molecule has 5 nitrogen and oxygen atoms in total. The summed E-state index contributed by atoms with van der Waals surface area (Å²) in [4.78, 5) is -0.198. The van der Waals surface area contributed by atoms with E-state index in [0.29, 0.717) is 11.3 Å². The summed E-state index contributed by atoms with van der Waals surface area (Å²) >= 11 is 0. The van der Waals surface area contributed by atoms with Crippen molar-refractivity contribution in [1.82, 2.24) is 9.62 Å². The largest absolute Gasteiger partial charge is 0.465 e. The van der Waals surface area contributed by atoms with Gasteiger partial charge in [-0.15, -0.1) is 0 Å². The fraction of sp³-hybridized carbons (Fsp3) is 0.636. The molecule has 0 spiro atoms. The Labute approximate surface area is 115 Å². The molecule has 1 aromatic heterocycles. The van der Waals surface area contributed by atoms with Gasteiger partial charge in [0.05, 0.1) is 0 Å². The molecule has 0 saturated carbocycles. The smallest absolute Gasteiger partial charge is 0.402 e. The van der Waals surface area contributed by atoms with E-state index in [1.807, 2.05) is 0 Å². The van der Waals surface area contributed by atoms with E-state index < -0.39 is 22.7 Å². The topological polar surface area (TPSA) is 62.6 Å². The Morgan fingerprint density at radius 3 is 2.25 bits per heavy atom. The number of hydrogen-bond donors (Lipinski definition) is 1. The quantitative estimate of drug-likeness (QED) is 0.900. The maximum atomic E-state index is 12.4. The van der Waals surface area contributed by atoms with Crippen LogP contribution in [0.25, 0.3) is 0 Å². The monoisotopic (exact) mass is 314 g/mol. The number of rotatable bonds is 5. The van der Waals surface area contributed by atoms with Crippen LogP contribution in [0.3, 0.4) is 0 Å². The van der Waals surface area contributed by atoms with Crippen molar-refractivity contribution in [2.75, 3.05) is 20.6 Å². The van der Waals surface area contributed by atoms with Crippen molar-refractivity contribution in [2.45, 2.75) is 31.5 Å². The third-order valence-electron chi connectivity index (χ3n) is 2.75. The van der Waals surface area contributed by atoms with E-state index in [0.717, 1.165) is 7.05 Å². The van der Waals surface area contributed by atoms with Gasteiger partial charge in [-0.2, -0.15) is 17.5 Å². The molecule has 0 fully saturated rings. The van der Waals surface area contributed by atoms with Crippen molar-refractivity contribution in [3.05, 3.63) is 17.1 Å². The third-order valence-corrected chi connectivity index (χ3v) is 4.75. The number of nitrogens with one attached hydrogen (secondary N) is 1. The van der Waals surface area contributed by atoms with Gasteiger partial charge in [0.2, 0.25) is 10.0 Å². The van der Waals surface area contributed by atoms with Crippen molar-refractivity contribution in [1.29, 1.82) is 0 Å². The lowest BCUT2D eigenvalue weighted by Gasteiger charge is -2.19. The Bertz CT molecular complexity index is 578. The second-order valence-electron chi connectivity index (χ2n) is 4.43. The second kappa shape index (κ2) is 5.74. The van der Waals surface area contributed by atoms with Gasteiger partial charge >= 0.3 is 6.18 Å². The number of sulfonamides is 1. The van der Waals surface area contributed by atoms with Crippen LogP contribution < -0.4 is 5.32 Å². The first-order chi connectivity index (χ1) is 9.00. The second-order valence-corrected chi connectivity index (χ2v) is 6.41. The van der Waals surface area contributed by atoms with Gasteiger partial charge < -0.3 is 9.73 Å². The molecular weight excluding hydrogens is 297 g/mol. The molecule has 0 atom stereocenters. The summed E-state index contributed by atoms with van der Waals surface area (Å²) in [5.74, 6) is 0.456. The fourth-order valence-corrected chi connectivity index (χ4v) is 3.48. The van der Waals surface area contributed by atoms with Gasteiger partial charge in [-0.1, -0.05) is 0 Å². The first-order valence-electron chi connectivity index (χ1n) is 5.77. The Balaban J connectivity index is 3.28. The standard InChI is InChI=1S/C11H17F3N2O3S/c1-7-9(5-15-3)10(8(2)19-7)20(17,18)16(4)6-11(12,13)14/h15H,5-6H2,1-4H3. The van der Waals surface area contributed by atoms with Gasteiger partial charge in [-0.3, -0.25) is 0 Å². The highest BCUT2D eigenvalue weighted by Crippen LogP contribution is 2.30. The molecule has 0 aromatic carbocycles. The molecule has 9 heteroatoms. The molecule has 0 aliphatic rings. The van der Waals surface area contributed by atoms with Crippen LogP contribution in [0.2, 0.25) is 0 Å². The lowest BCUT2D eigenvalue weighted by atomic mass is 10.2. The number of alkyl halides is 3. The highest BCUT2D eigenvalue weighted by Gasteiger charge is 2.37. The molecule has 0 aliphatic carbocycles.